The van der Waals surface area contributed by atoms with E-state index in [1.807, 2.05) is 13.8 Å². The Bertz CT molecular complexity index is 776. The van der Waals surface area contributed by atoms with Crippen molar-refractivity contribution in [1.29, 1.82) is 0 Å². The van der Waals surface area contributed by atoms with Gasteiger partial charge in [-0.25, -0.2) is 0 Å². The molecule has 0 atom stereocenters. The maximum atomic E-state index is 12.0. The molecule has 0 aliphatic rings. The third-order valence-corrected chi connectivity index (χ3v) is 3.62. The second-order valence-corrected chi connectivity index (χ2v) is 6.53. The monoisotopic (exact) mass is 376 g/mol. The molecule has 6 nitrogen and oxygen atoms in total. The van der Waals surface area contributed by atoms with Crippen LogP contribution < -0.4 is 15.4 Å². The molecule has 0 radical (unpaired) electrons. The fraction of sp³-hybridized carbons (Fsp3) is 0.263. The lowest BCUT2D eigenvalue weighted by atomic mass is 10.2. The minimum atomic E-state index is -0.407. The zero-order valence-electron chi connectivity index (χ0n) is 14.6. The smallest absolute Gasteiger partial charge is 0.251 e. The number of benzene rings is 2. The van der Waals surface area contributed by atoms with Crippen LogP contribution in [0, 0.1) is 5.92 Å². The van der Waals surface area contributed by atoms with Crippen LogP contribution in [0.25, 0.3) is 0 Å². The van der Waals surface area contributed by atoms with Crippen LogP contribution in [-0.2, 0) is 4.79 Å². The van der Waals surface area contributed by atoms with Crippen molar-refractivity contribution in [2.24, 2.45) is 5.92 Å². The van der Waals surface area contributed by atoms with E-state index in [4.69, 9.17) is 16.3 Å². The summed E-state index contributed by atoms with van der Waals surface area (Å²) in [7, 11) is 0. The predicted molar refractivity (Wildman–Crippen MR) is 101 cm³/mol. The van der Waals surface area contributed by atoms with E-state index in [0.717, 1.165) is 0 Å². The molecule has 0 fully saturated rings. The van der Waals surface area contributed by atoms with E-state index < -0.39 is 5.91 Å². The van der Waals surface area contributed by atoms with Gasteiger partial charge in [-0.3, -0.25) is 9.59 Å². The average Bonchev–Trinajstić information content (AvgIpc) is 2.59. The van der Waals surface area contributed by atoms with Gasteiger partial charge >= 0.3 is 0 Å². The van der Waals surface area contributed by atoms with E-state index >= 15 is 0 Å². The van der Waals surface area contributed by atoms with Gasteiger partial charge in [-0.15, -0.1) is 0 Å². The molecular weight excluding hydrogens is 356 g/mol. The molecule has 0 bridgehead atoms. The van der Waals surface area contributed by atoms with Crippen LogP contribution in [-0.4, -0.2) is 30.1 Å². The van der Waals surface area contributed by atoms with Crippen molar-refractivity contribution in [1.82, 2.24) is 5.32 Å². The lowest BCUT2D eigenvalue weighted by Crippen LogP contribution is -2.32. The molecule has 3 N–H and O–H groups in total. The Kier molecular flexibility index (Phi) is 6.86. The zero-order chi connectivity index (χ0) is 19.1. The van der Waals surface area contributed by atoms with Crippen LogP contribution in [0.1, 0.15) is 24.2 Å². The summed E-state index contributed by atoms with van der Waals surface area (Å²) < 4.78 is 5.58. The number of hydrogen-bond donors (Lipinski definition) is 3. The molecular formula is C19H21ClN2O4. The maximum absolute atomic E-state index is 12.0. The van der Waals surface area contributed by atoms with Crippen molar-refractivity contribution < 1.29 is 19.4 Å². The first-order valence-electron chi connectivity index (χ1n) is 8.14. The number of carbonyl (C=O) groups excluding carboxylic acids is 2. The van der Waals surface area contributed by atoms with Gasteiger partial charge in [0.25, 0.3) is 5.91 Å². The molecule has 0 spiro atoms. The van der Waals surface area contributed by atoms with E-state index in [1.165, 1.54) is 24.3 Å². The minimum absolute atomic E-state index is 0.0667. The third kappa shape index (κ3) is 5.97. The second-order valence-electron chi connectivity index (χ2n) is 6.13. The summed E-state index contributed by atoms with van der Waals surface area (Å²) in [4.78, 5) is 23.9. The molecule has 7 heteroatoms. The molecule has 26 heavy (non-hydrogen) atoms. The number of halogens is 1. The quantitative estimate of drug-likeness (QED) is 0.690. The summed E-state index contributed by atoms with van der Waals surface area (Å²) in [5.74, 6) is 0.207. The first-order chi connectivity index (χ1) is 12.3. The molecule has 138 valence electrons. The maximum Gasteiger partial charge on any atom is 0.251 e. The van der Waals surface area contributed by atoms with E-state index in [0.29, 0.717) is 34.5 Å². The number of anilines is 1. The number of nitrogens with one attached hydrogen (secondary N) is 2. The standard InChI is InChI=1S/C19H21ClN2O4/c1-12(2)11-26-17-8-5-14(9-16(17)20)22-18(24)10-21-19(25)13-3-6-15(23)7-4-13/h3-9,12,23H,10-11H2,1-2H3,(H,21,25)(H,22,24). The van der Waals surface area contributed by atoms with E-state index in [2.05, 4.69) is 10.6 Å². The summed E-state index contributed by atoms with van der Waals surface area (Å²) in [6.45, 7) is 4.43. The fourth-order valence-corrected chi connectivity index (χ4v) is 2.27. The number of phenolic OH excluding ortho intramolecular Hbond substituents is 1. The van der Waals surface area contributed by atoms with Gasteiger partial charge in [0.2, 0.25) is 5.91 Å². The van der Waals surface area contributed by atoms with E-state index in [9.17, 15) is 14.7 Å². The highest BCUT2D eigenvalue weighted by Gasteiger charge is 2.10. The van der Waals surface area contributed by atoms with Gasteiger partial charge in [0, 0.05) is 11.3 Å². The molecule has 0 aromatic heterocycles. The Morgan fingerprint density at radius 2 is 1.85 bits per heavy atom. The topological polar surface area (TPSA) is 87.7 Å². The van der Waals surface area contributed by atoms with Crippen LogP contribution >= 0.6 is 11.6 Å². The van der Waals surface area contributed by atoms with Gasteiger partial charge in [0.1, 0.15) is 11.5 Å². The average molecular weight is 377 g/mol. The Labute approximate surface area is 157 Å². The van der Waals surface area contributed by atoms with Crippen LogP contribution in [0.5, 0.6) is 11.5 Å². The van der Waals surface area contributed by atoms with E-state index in [-0.39, 0.29) is 18.2 Å². The summed E-state index contributed by atoms with van der Waals surface area (Å²) in [5, 5.41) is 14.8. The van der Waals surface area contributed by atoms with Gasteiger partial charge in [-0.1, -0.05) is 25.4 Å². The number of carbonyl (C=O) groups is 2. The second kappa shape index (κ2) is 9.10. The van der Waals surface area contributed by atoms with Crippen molar-refractivity contribution >= 4 is 29.1 Å². The molecule has 0 aliphatic carbocycles. The van der Waals surface area contributed by atoms with Crippen LogP contribution in [0.3, 0.4) is 0 Å². The van der Waals surface area contributed by atoms with Crippen molar-refractivity contribution in [2.45, 2.75) is 13.8 Å². The summed E-state index contributed by atoms with van der Waals surface area (Å²) in [6, 6.07) is 10.7. The van der Waals surface area contributed by atoms with Gasteiger partial charge in [0.05, 0.1) is 18.2 Å². The normalized spacial score (nSPS) is 10.5. The minimum Gasteiger partial charge on any atom is -0.508 e. The molecule has 2 aromatic carbocycles. The lowest BCUT2D eigenvalue weighted by molar-refractivity contribution is -0.115. The molecule has 0 aliphatic heterocycles. The van der Waals surface area contributed by atoms with Gasteiger partial charge < -0.3 is 20.5 Å². The molecule has 2 aromatic rings. The van der Waals surface area contributed by atoms with Gasteiger partial charge in [-0.05, 0) is 48.4 Å². The number of hydrogen-bond acceptors (Lipinski definition) is 4. The number of rotatable bonds is 7. The first kappa shape index (κ1) is 19.6. The highest BCUT2D eigenvalue weighted by molar-refractivity contribution is 6.32. The molecule has 2 amide bonds. The number of aromatic hydroxyl groups is 1. The SMILES string of the molecule is CC(C)COc1ccc(NC(=O)CNC(=O)c2ccc(O)cc2)cc1Cl. The number of phenols is 1. The predicted octanol–water partition coefficient (Wildman–Crippen LogP) is 3.45. The van der Waals surface area contributed by atoms with Crippen molar-refractivity contribution in [3.8, 4) is 11.5 Å². The van der Waals surface area contributed by atoms with Gasteiger partial charge in [-0.2, -0.15) is 0 Å². The third-order valence-electron chi connectivity index (χ3n) is 3.33. The molecule has 0 saturated heterocycles. The Hall–Kier alpha value is -2.73. The van der Waals surface area contributed by atoms with Crippen LogP contribution in [0.4, 0.5) is 5.69 Å². The highest BCUT2D eigenvalue weighted by Crippen LogP contribution is 2.28. The summed E-state index contributed by atoms with van der Waals surface area (Å²) in [6.07, 6.45) is 0. The van der Waals surface area contributed by atoms with Crippen molar-refractivity contribution in [3.63, 3.8) is 0 Å². The Balaban J connectivity index is 1.86. The first-order valence-corrected chi connectivity index (χ1v) is 8.52. The van der Waals surface area contributed by atoms with Crippen LogP contribution in [0.2, 0.25) is 5.02 Å². The van der Waals surface area contributed by atoms with Gasteiger partial charge in [0.15, 0.2) is 0 Å². The molecule has 0 saturated carbocycles. The zero-order valence-corrected chi connectivity index (χ0v) is 15.3. The number of amides is 2. The lowest BCUT2D eigenvalue weighted by Gasteiger charge is -2.12. The Morgan fingerprint density at radius 1 is 1.15 bits per heavy atom. The fourth-order valence-electron chi connectivity index (χ4n) is 2.03. The Morgan fingerprint density at radius 3 is 2.46 bits per heavy atom. The van der Waals surface area contributed by atoms with Crippen molar-refractivity contribution in [3.05, 3.63) is 53.1 Å². The molecule has 0 heterocycles. The summed E-state index contributed by atoms with van der Waals surface area (Å²) in [5.41, 5.74) is 0.862. The highest BCUT2D eigenvalue weighted by atomic mass is 35.5. The van der Waals surface area contributed by atoms with Crippen LogP contribution in [0.15, 0.2) is 42.5 Å². The van der Waals surface area contributed by atoms with E-state index in [1.54, 1.807) is 18.2 Å². The summed E-state index contributed by atoms with van der Waals surface area (Å²) >= 11 is 6.15. The number of ether oxygens (including phenoxy) is 1. The molecule has 2 rings (SSSR count). The molecule has 0 unspecified atom stereocenters. The van der Waals surface area contributed by atoms with Crippen molar-refractivity contribution in [2.75, 3.05) is 18.5 Å². The largest absolute Gasteiger partial charge is 0.508 e.